The number of furan rings is 2. The maximum Gasteiger partial charge on any atom is 0.255 e. The quantitative estimate of drug-likeness (QED) is 0.106. The van der Waals surface area contributed by atoms with Crippen molar-refractivity contribution in [3.8, 4) is 32.0 Å². The lowest BCUT2D eigenvalue weighted by molar-refractivity contribution is -0.134. The van der Waals surface area contributed by atoms with Gasteiger partial charge in [-0.3, -0.25) is 19.2 Å². The van der Waals surface area contributed by atoms with E-state index in [2.05, 4.69) is 53.8 Å². The zero-order valence-electron chi connectivity index (χ0n) is 35.8. The predicted molar refractivity (Wildman–Crippen MR) is 254 cm³/mol. The van der Waals surface area contributed by atoms with Gasteiger partial charge in [-0.1, -0.05) is 109 Å². The van der Waals surface area contributed by atoms with Crippen LogP contribution in [-0.4, -0.2) is 56.4 Å². The molecule has 2 fully saturated rings. The number of hydrogen-bond acceptors (Lipinski definition) is 10. The lowest BCUT2D eigenvalue weighted by atomic mass is 9.90. The standard InChI is InChI=1S/C53H45N5O6S2/c59-45(40-23-27-63-32-40)29-42(36-9-3-1-4-10-36)52(61)57-25-7-13-43(57)50-54-30-46(65-50)37-19-15-34(16-20-37)35-17-21-38(22-18-35)47-31-55-51(66-47)44-14-8-26-58(44)53(62)48(39-11-5-2-6-12-39)56-49(60)41-24-28-64-33-41/h1-6,9-12,15-24,27-28,30-33,42-44,48H,7-8,13-14,25-26,29H2,(H,56,60)/t42-,43+,44+,48-/m1/s1. The van der Waals surface area contributed by atoms with Crippen LogP contribution in [0.2, 0.25) is 0 Å². The van der Waals surface area contributed by atoms with Gasteiger partial charge in [-0.2, -0.15) is 0 Å². The molecule has 0 saturated carbocycles. The van der Waals surface area contributed by atoms with E-state index in [1.54, 1.807) is 34.8 Å². The lowest BCUT2D eigenvalue weighted by Gasteiger charge is -2.28. The molecule has 0 spiro atoms. The molecule has 2 saturated heterocycles. The van der Waals surface area contributed by atoms with Crippen LogP contribution in [0.5, 0.6) is 0 Å². The molecular weight excluding hydrogens is 867 g/mol. The molecule has 2 aliphatic heterocycles. The molecule has 0 aliphatic carbocycles. The number of Topliss-reactive ketones (excluding diaryl/α,β-unsaturated/α-hetero) is 1. The Morgan fingerprint density at radius 3 is 1.59 bits per heavy atom. The van der Waals surface area contributed by atoms with E-state index >= 15 is 0 Å². The molecule has 66 heavy (non-hydrogen) atoms. The third-order valence-corrected chi connectivity index (χ3v) is 14.8. The van der Waals surface area contributed by atoms with Crippen molar-refractivity contribution >= 4 is 46.2 Å². The van der Waals surface area contributed by atoms with Crippen LogP contribution in [0, 0.1) is 0 Å². The fourth-order valence-corrected chi connectivity index (χ4v) is 11.2. The fraction of sp³-hybridized carbons (Fsp3) is 0.208. The van der Waals surface area contributed by atoms with E-state index in [1.807, 2.05) is 82.9 Å². The molecule has 330 valence electrons. The molecule has 13 heteroatoms. The molecule has 0 bridgehead atoms. The highest BCUT2D eigenvalue weighted by Gasteiger charge is 2.39. The average Bonchev–Trinajstić information content (AvgIpc) is 4.22. The Bertz CT molecular complexity index is 2730. The van der Waals surface area contributed by atoms with Crippen molar-refractivity contribution < 1.29 is 28.0 Å². The Morgan fingerprint density at radius 2 is 1.08 bits per heavy atom. The first kappa shape index (κ1) is 42.7. The van der Waals surface area contributed by atoms with Gasteiger partial charge in [0.2, 0.25) is 11.8 Å². The molecular formula is C53H45N5O6S2. The number of benzene rings is 4. The molecule has 6 heterocycles. The number of nitrogens with one attached hydrogen (secondary N) is 1. The van der Waals surface area contributed by atoms with E-state index in [0.29, 0.717) is 29.8 Å². The van der Waals surface area contributed by atoms with Crippen molar-refractivity contribution in [2.45, 2.75) is 56.1 Å². The van der Waals surface area contributed by atoms with Gasteiger partial charge < -0.3 is 24.0 Å². The van der Waals surface area contributed by atoms with E-state index in [4.69, 9.17) is 18.8 Å². The van der Waals surface area contributed by atoms with Gasteiger partial charge in [0.1, 0.15) is 28.6 Å². The first-order valence-electron chi connectivity index (χ1n) is 22.1. The van der Waals surface area contributed by atoms with Gasteiger partial charge in [0, 0.05) is 31.9 Å². The summed E-state index contributed by atoms with van der Waals surface area (Å²) in [4.78, 5) is 70.3. The smallest absolute Gasteiger partial charge is 0.255 e. The molecule has 2 aliphatic rings. The number of likely N-dealkylation sites (tertiary alicyclic amines) is 2. The number of ketones is 1. The minimum atomic E-state index is -0.854. The van der Waals surface area contributed by atoms with Gasteiger partial charge in [0.05, 0.1) is 51.4 Å². The Labute approximate surface area is 389 Å². The molecule has 1 N–H and O–H groups in total. The van der Waals surface area contributed by atoms with Crippen LogP contribution in [0.1, 0.15) is 98.0 Å². The number of amides is 3. The summed E-state index contributed by atoms with van der Waals surface area (Å²) in [5.74, 6) is -1.33. The zero-order valence-corrected chi connectivity index (χ0v) is 37.5. The third kappa shape index (κ3) is 8.91. The second kappa shape index (κ2) is 19.1. The van der Waals surface area contributed by atoms with Gasteiger partial charge in [0.25, 0.3) is 5.91 Å². The van der Waals surface area contributed by atoms with Gasteiger partial charge in [0.15, 0.2) is 5.78 Å². The minimum absolute atomic E-state index is 0.0566. The summed E-state index contributed by atoms with van der Waals surface area (Å²) in [5.41, 5.74) is 6.61. The first-order chi connectivity index (χ1) is 32.4. The van der Waals surface area contributed by atoms with Crippen molar-refractivity contribution in [3.05, 3.63) is 191 Å². The molecule has 0 radical (unpaired) electrons. The number of aromatic nitrogens is 2. The minimum Gasteiger partial charge on any atom is -0.472 e. The summed E-state index contributed by atoms with van der Waals surface area (Å²) in [6, 6.07) is 37.8. The summed E-state index contributed by atoms with van der Waals surface area (Å²) in [5, 5.41) is 4.71. The topological polar surface area (TPSA) is 139 Å². The molecule has 3 amide bonds. The van der Waals surface area contributed by atoms with Crippen LogP contribution in [0.15, 0.2) is 168 Å². The fourth-order valence-electron chi connectivity index (χ4n) is 9.05. The molecule has 4 aromatic carbocycles. The zero-order chi connectivity index (χ0) is 45.0. The molecule has 8 aromatic rings. The number of carbonyl (C=O) groups excluding carboxylic acids is 4. The van der Waals surface area contributed by atoms with Crippen molar-refractivity contribution in [3.63, 3.8) is 0 Å². The van der Waals surface area contributed by atoms with Crippen LogP contribution in [0.25, 0.3) is 32.0 Å². The average molecular weight is 912 g/mol. The Kier molecular flexibility index (Phi) is 12.4. The van der Waals surface area contributed by atoms with Crippen molar-refractivity contribution in [1.82, 2.24) is 25.1 Å². The molecule has 0 unspecified atom stereocenters. The highest BCUT2D eigenvalue weighted by Crippen LogP contribution is 2.41. The monoisotopic (exact) mass is 911 g/mol. The van der Waals surface area contributed by atoms with E-state index < -0.39 is 12.0 Å². The van der Waals surface area contributed by atoms with Crippen molar-refractivity contribution in [2.24, 2.45) is 0 Å². The van der Waals surface area contributed by atoms with E-state index in [-0.39, 0.29) is 42.0 Å². The van der Waals surface area contributed by atoms with Crippen LogP contribution < -0.4 is 5.32 Å². The van der Waals surface area contributed by atoms with Crippen molar-refractivity contribution in [2.75, 3.05) is 13.1 Å². The second-order valence-corrected chi connectivity index (χ2v) is 18.7. The highest BCUT2D eigenvalue weighted by molar-refractivity contribution is 7.15. The van der Waals surface area contributed by atoms with E-state index in [0.717, 1.165) is 73.3 Å². The van der Waals surface area contributed by atoms with Gasteiger partial charge in [-0.25, -0.2) is 9.97 Å². The third-order valence-electron chi connectivity index (χ3n) is 12.5. The Balaban J connectivity index is 0.800. The number of hydrogen-bond donors (Lipinski definition) is 1. The Hall–Kier alpha value is -7.22. The highest BCUT2D eigenvalue weighted by atomic mass is 32.1. The summed E-state index contributed by atoms with van der Waals surface area (Å²) in [6.07, 6.45) is 12.9. The number of carbonyl (C=O) groups is 4. The van der Waals surface area contributed by atoms with Gasteiger partial charge in [-0.05, 0) is 71.2 Å². The maximum absolute atomic E-state index is 14.3. The van der Waals surface area contributed by atoms with Crippen molar-refractivity contribution in [1.29, 1.82) is 0 Å². The molecule has 4 aromatic heterocycles. The van der Waals surface area contributed by atoms with Crippen LogP contribution in [0.4, 0.5) is 0 Å². The first-order valence-corrected chi connectivity index (χ1v) is 23.7. The Morgan fingerprint density at radius 1 is 0.591 bits per heavy atom. The number of nitrogens with zero attached hydrogens (tertiary/aromatic N) is 4. The molecule has 4 atom stereocenters. The molecule has 10 rings (SSSR count). The SMILES string of the molecule is O=C(C[C@@H](C(=O)N1CCC[C@H]1c1ncc(-c2ccc(-c3ccc(-c4cnc([C@@H]5CCCN5C(=O)[C@H](NC(=O)c5ccoc5)c5ccccc5)s4)cc3)cc2)s1)c1ccccc1)c1ccoc1. The summed E-state index contributed by atoms with van der Waals surface area (Å²) < 4.78 is 10.3. The van der Waals surface area contributed by atoms with E-state index in [9.17, 15) is 19.2 Å². The maximum atomic E-state index is 14.3. The van der Waals surface area contributed by atoms with E-state index in [1.165, 1.54) is 25.1 Å². The van der Waals surface area contributed by atoms with Gasteiger partial charge in [-0.15, -0.1) is 22.7 Å². The van der Waals surface area contributed by atoms with Gasteiger partial charge >= 0.3 is 0 Å². The predicted octanol–water partition coefficient (Wildman–Crippen LogP) is 11.3. The summed E-state index contributed by atoms with van der Waals surface area (Å²) >= 11 is 3.20. The largest absolute Gasteiger partial charge is 0.472 e. The van der Waals surface area contributed by atoms with Crippen LogP contribution in [0.3, 0.4) is 0 Å². The van der Waals surface area contributed by atoms with Crippen LogP contribution >= 0.6 is 22.7 Å². The van der Waals surface area contributed by atoms with Crippen LogP contribution in [-0.2, 0) is 9.59 Å². The summed E-state index contributed by atoms with van der Waals surface area (Å²) in [7, 11) is 0. The summed E-state index contributed by atoms with van der Waals surface area (Å²) in [6.45, 7) is 1.19. The molecule has 11 nitrogen and oxygen atoms in total. The lowest BCUT2D eigenvalue weighted by Crippen LogP contribution is -2.42. The second-order valence-electron chi connectivity index (χ2n) is 16.6. The number of thiazole rings is 2. The normalized spacial score (nSPS) is 16.8. The number of rotatable bonds is 14.